The topological polar surface area (TPSA) is 52.6 Å². The van der Waals surface area contributed by atoms with Gasteiger partial charge in [-0.2, -0.15) is 0 Å². The number of carboxylic acids is 1. The second kappa shape index (κ2) is 6.08. The van der Waals surface area contributed by atoms with E-state index in [2.05, 4.69) is 17.1 Å². The molecule has 1 unspecified atom stereocenters. The zero-order chi connectivity index (χ0) is 11.3. The summed E-state index contributed by atoms with van der Waals surface area (Å²) >= 11 is 0. The summed E-state index contributed by atoms with van der Waals surface area (Å²) in [6.45, 7) is 4.95. The van der Waals surface area contributed by atoms with E-state index in [0.29, 0.717) is 6.54 Å². The number of nitrogens with zero attached hydrogens (tertiary/aromatic N) is 1. The molecule has 1 heterocycles. The van der Waals surface area contributed by atoms with E-state index in [9.17, 15) is 4.79 Å². The third-order valence-corrected chi connectivity index (χ3v) is 3.37. The maximum atomic E-state index is 10.8. The number of hydrogen-bond donors (Lipinski definition) is 2. The Bertz CT molecular complexity index is 201. The summed E-state index contributed by atoms with van der Waals surface area (Å²) in [5.41, 5.74) is 0. The minimum atomic E-state index is -0.755. The van der Waals surface area contributed by atoms with E-state index in [0.717, 1.165) is 19.0 Å². The van der Waals surface area contributed by atoms with Crippen molar-refractivity contribution in [2.45, 2.75) is 32.2 Å². The van der Waals surface area contributed by atoms with Crippen molar-refractivity contribution in [2.75, 3.05) is 26.7 Å². The van der Waals surface area contributed by atoms with Gasteiger partial charge in [0.1, 0.15) is 6.04 Å². The molecule has 0 saturated carbocycles. The number of hydrogen-bond acceptors (Lipinski definition) is 3. The van der Waals surface area contributed by atoms with Crippen molar-refractivity contribution in [2.24, 2.45) is 5.92 Å². The van der Waals surface area contributed by atoms with Crippen molar-refractivity contribution in [1.82, 2.24) is 10.2 Å². The van der Waals surface area contributed by atoms with Crippen LogP contribution in [0.4, 0.5) is 0 Å². The normalized spacial score (nSPS) is 21.5. The summed E-state index contributed by atoms with van der Waals surface area (Å²) in [6, 6.07) is -0.428. The lowest BCUT2D eigenvalue weighted by Crippen LogP contribution is -2.47. The quantitative estimate of drug-likeness (QED) is 0.710. The van der Waals surface area contributed by atoms with Crippen LogP contribution in [0.2, 0.25) is 0 Å². The average molecular weight is 214 g/mol. The number of piperidine rings is 1. The molecule has 4 heteroatoms. The van der Waals surface area contributed by atoms with Crippen LogP contribution in [0, 0.1) is 5.92 Å². The van der Waals surface area contributed by atoms with Crippen LogP contribution in [0.1, 0.15) is 26.2 Å². The van der Waals surface area contributed by atoms with Crippen LogP contribution in [-0.2, 0) is 4.79 Å². The number of carbonyl (C=O) groups is 1. The molecule has 0 bridgehead atoms. The first kappa shape index (κ1) is 12.5. The molecule has 88 valence electrons. The fraction of sp³-hybridized carbons (Fsp3) is 0.909. The van der Waals surface area contributed by atoms with E-state index < -0.39 is 12.0 Å². The van der Waals surface area contributed by atoms with Crippen LogP contribution in [0.25, 0.3) is 0 Å². The average Bonchev–Trinajstić information content (AvgIpc) is 2.26. The van der Waals surface area contributed by atoms with Crippen molar-refractivity contribution in [3.05, 3.63) is 0 Å². The lowest BCUT2D eigenvalue weighted by molar-refractivity contribution is -0.139. The van der Waals surface area contributed by atoms with Crippen LogP contribution in [0.3, 0.4) is 0 Å². The lowest BCUT2D eigenvalue weighted by atomic mass is 9.94. The molecule has 1 fully saturated rings. The largest absolute Gasteiger partial charge is 0.480 e. The maximum Gasteiger partial charge on any atom is 0.322 e. The third-order valence-electron chi connectivity index (χ3n) is 3.37. The molecule has 0 radical (unpaired) electrons. The van der Waals surface area contributed by atoms with Crippen molar-refractivity contribution >= 4 is 5.97 Å². The van der Waals surface area contributed by atoms with Crippen LogP contribution < -0.4 is 5.32 Å². The van der Waals surface area contributed by atoms with Crippen molar-refractivity contribution in [3.63, 3.8) is 0 Å². The van der Waals surface area contributed by atoms with Gasteiger partial charge >= 0.3 is 5.97 Å². The monoisotopic (exact) mass is 214 g/mol. The second-order valence-electron chi connectivity index (χ2n) is 4.33. The number of carboxylic acid groups (broad SMARTS) is 1. The Labute approximate surface area is 91.6 Å². The fourth-order valence-electron chi connectivity index (χ4n) is 2.13. The van der Waals surface area contributed by atoms with E-state index in [1.165, 1.54) is 19.3 Å². The molecule has 0 aromatic heterocycles. The summed E-state index contributed by atoms with van der Waals surface area (Å²) in [6.07, 6.45) is 3.68. The minimum absolute atomic E-state index is 0.428. The van der Waals surface area contributed by atoms with E-state index in [-0.39, 0.29) is 0 Å². The molecule has 1 aliphatic rings. The van der Waals surface area contributed by atoms with E-state index >= 15 is 0 Å². The molecular formula is C11H22N2O2. The predicted octanol–water partition coefficient (Wildman–Crippen LogP) is 0.781. The minimum Gasteiger partial charge on any atom is -0.480 e. The van der Waals surface area contributed by atoms with Crippen LogP contribution in [0.15, 0.2) is 0 Å². The Balaban J connectivity index is 2.31. The van der Waals surface area contributed by atoms with E-state index in [4.69, 9.17) is 5.11 Å². The van der Waals surface area contributed by atoms with E-state index in [1.54, 1.807) is 7.05 Å². The lowest BCUT2D eigenvalue weighted by Gasteiger charge is -2.32. The zero-order valence-electron chi connectivity index (χ0n) is 9.70. The number of nitrogens with one attached hydrogen (secondary N) is 1. The van der Waals surface area contributed by atoms with Crippen molar-refractivity contribution < 1.29 is 9.90 Å². The Morgan fingerprint density at radius 3 is 2.53 bits per heavy atom. The number of rotatable bonds is 5. The van der Waals surface area contributed by atoms with Gasteiger partial charge in [0, 0.05) is 6.54 Å². The SMILES string of the molecule is CCC1CCN(CC(NC)C(=O)O)CC1. The summed E-state index contributed by atoms with van der Waals surface area (Å²) in [7, 11) is 1.71. The predicted molar refractivity (Wildman–Crippen MR) is 59.9 cm³/mol. The van der Waals surface area contributed by atoms with Crippen LogP contribution in [-0.4, -0.2) is 48.7 Å². The summed E-state index contributed by atoms with van der Waals surface area (Å²) < 4.78 is 0. The highest BCUT2D eigenvalue weighted by atomic mass is 16.4. The van der Waals surface area contributed by atoms with Gasteiger partial charge in [0.05, 0.1) is 0 Å². The molecule has 1 atom stereocenters. The molecule has 2 N–H and O–H groups in total. The fourth-order valence-corrected chi connectivity index (χ4v) is 2.13. The number of aliphatic carboxylic acids is 1. The first-order chi connectivity index (χ1) is 7.17. The molecule has 1 rings (SSSR count). The molecule has 1 aliphatic heterocycles. The number of likely N-dealkylation sites (tertiary alicyclic amines) is 1. The maximum absolute atomic E-state index is 10.8. The third kappa shape index (κ3) is 3.80. The molecule has 0 aliphatic carbocycles. The van der Waals surface area contributed by atoms with Crippen molar-refractivity contribution in [3.8, 4) is 0 Å². The summed E-state index contributed by atoms with van der Waals surface area (Å²) in [5, 5.41) is 11.7. The highest BCUT2D eigenvalue weighted by Crippen LogP contribution is 2.19. The van der Waals surface area contributed by atoms with Gasteiger partial charge in [-0.15, -0.1) is 0 Å². The molecule has 0 aromatic carbocycles. The Hall–Kier alpha value is -0.610. The van der Waals surface area contributed by atoms with Crippen LogP contribution in [0.5, 0.6) is 0 Å². The van der Waals surface area contributed by atoms with Gasteiger partial charge in [-0.05, 0) is 38.9 Å². The molecule has 1 saturated heterocycles. The van der Waals surface area contributed by atoms with Gasteiger partial charge in [-0.1, -0.05) is 13.3 Å². The highest BCUT2D eigenvalue weighted by molar-refractivity contribution is 5.73. The molecule has 0 amide bonds. The smallest absolute Gasteiger partial charge is 0.322 e. The summed E-state index contributed by atoms with van der Waals surface area (Å²) in [5.74, 6) is 0.0919. The van der Waals surface area contributed by atoms with Gasteiger partial charge in [0.15, 0.2) is 0 Å². The number of likely N-dealkylation sites (N-methyl/N-ethyl adjacent to an activating group) is 1. The van der Waals surface area contributed by atoms with Gasteiger partial charge in [-0.3, -0.25) is 4.79 Å². The molecule has 15 heavy (non-hydrogen) atoms. The Morgan fingerprint density at radius 1 is 1.53 bits per heavy atom. The first-order valence-electron chi connectivity index (χ1n) is 5.79. The zero-order valence-corrected chi connectivity index (χ0v) is 9.70. The van der Waals surface area contributed by atoms with E-state index in [1.807, 2.05) is 0 Å². The molecule has 0 aromatic rings. The summed E-state index contributed by atoms with van der Waals surface area (Å²) in [4.78, 5) is 13.1. The van der Waals surface area contributed by atoms with Gasteiger partial charge in [0.25, 0.3) is 0 Å². The first-order valence-corrected chi connectivity index (χ1v) is 5.79. The van der Waals surface area contributed by atoms with Crippen molar-refractivity contribution in [1.29, 1.82) is 0 Å². The highest BCUT2D eigenvalue weighted by Gasteiger charge is 2.23. The Morgan fingerprint density at radius 2 is 2.13 bits per heavy atom. The van der Waals surface area contributed by atoms with Gasteiger partial charge in [-0.25, -0.2) is 0 Å². The second-order valence-corrected chi connectivity index (χ2v) is 4.33. The molecule has 4 nitrogen and oxygen atoms in total. The van der Waals surface area contributed by atoms with Crippen LogP contribution >= 0.6 is 0 Å². The van der Waals surface area contributed by atoms with Gasteiger partial charge in [0.2, 0.25) is 0 Å². The molecule has 0 spiro atoms. The Kier molecular flexibility index (Phi) is 5.05. The standard InChI is InChI=1S/C11H22N2O2/c1-3-9-4-6-13(7-5-9)8-10(12-2)11(14)15/h9-10,12H,3-8H2,1-2H3,(H,14,15). The molecular weight excluding hydrogens is 192 g/mol. The van der Waals surface area contributed by atoms with Gasteiger partial charge < -0.3 is 15.3 Å².